The smallest absolute Gasteiger partial charge is 0.275 e. The van der Waals surface area contributed by atoms with Crippen molar-refractivity contribution >= 4 is 39.7 Å². The number of hydrogen-bond donors (Lipinski definition) is 2. The van der Waals surface area contributed by atoms with E-state index in [1.807, 2.05) is 0 Å². The fourth-order valence-electron chi connectivity index (χ4n) is 1.71. The number of amides is 1. The van der Waals surface area contributed by atoms with Crippen LogP contribution in [0, 0.1) is 0 Å². The third-order valence-corrected chi connectivity index (χ3v) is 3.49. The van der Waals surface area contributed by atoms with Gasteiger partial charge in [0.2, 0.25) is 0 Å². The number of benzene rings is 2. The van der Waals surface area contributed by atoms with Gasteiger partial charge in [-0.15, -0.1) is 0 Å². The molecule has 0 saturated carbocycles. The van der Waals surface area contributed by atoms with E-state index in [9.17, 15) is 9.90 Å². The first-order chi connectivity index (χ1) is 10.5. The monoisotopic (exact) mass is 382 g/mol. The molecule has 2 rings (SSSR count). The zero-order valence-electron chi connectivity index (χ0n) is 11.5. The van der Waals surface area contributed by atoms with Crippen LogP contribution >= 0.6 is 27.5 Å². The number of nitrogens with zero attached hydrogens (tertiary/aromatic N) is 1. The van der Waals surface area contributed by atoms with E-state index in [1.165, 1.54) is 25.5 Å². The molecule has 0 atom stereocenters. The number of nitrogens with one attached hydrogen (secondary N) is 1. The molecular weight excluding hydrogens is 372 g/mol. The molecule has 7 heteroatoms. The summed E-state index contributed by atoms with van der Waals surface area (Å²) in [7, 11) is 1.48. The average molecular weight is 384 g/mol. The Morgan fingerprint density at radius 1 is 1.36 bits per heavy atom. The third-order valence-electron chi connectivity index (χ3n) is 2.77. The van der Waals surface area contributed by atoms with Crippen molar-refractivity contribution in [2.24, 2.45) is 5.10 Å². The number of ether oxygens (including phenoxy) is 1. The summed E-state index contributed by atoms with van der Waals surface area (Å²) in [5, 5.41) is 13.9. The Labute approximate surface area is 140 Å². The molecule has 22 heavy (non-hydrogen) atoms. The van der Waals surface area contributed by atoms with Gasteiger partial charge in [-0.25, -0.2) is 5.43 Å². The van der Waals surface area contributed by atoms with E-state index in [-0.39, 0.29) is 5.75 Å². The summed E-state index contributed by atoms with van der Waals surface area (Å²) in [6, 6.07) is 9.60. The minimum atomic E-state index is -0.434. The van der Waals surface area contributed by atoms with Gasteiger partial charge in [-0.2, -0.15) is 5.10 Å². The molecule has 0 heterocycles. The third kappa shape index (κ3) is 3.99. The lowest BCUT2D eigenvalue weighted by molar-refractivity contribution is 0.0952. The Bertz CT molecular complexity index is 735. The minimum Gasteiger partial charge on any atom is -0.507 e. The number of carbonyl (C=O) groups excluding carboxylic acids is 1. The number of aromatic hydroxyl groups is 1. The maximum absolute atomic E-state index is 12.1. The highest BCUT2D eigenvalue weighted by atomic mass is 79.9. The Morgan fingerprint density at radius 2 is 2.14 bits per heavy atom. The van der Waals surface area contributed by atoms with Gasteiger partial charge in [0.05, 0.1) is 18.9 Å². The molecule has 0 saturated heterocycles. The summed E-state index contributed by atoms with van der Waals surface area (Å²) in [6.45, 7) is 0. The van der Waals surface area contributed by atoms with Crippen LogP contribution in [-0.2, 0) is 0 Å². The number of phenolic OH excluding ortho intramolecular Hbond substituents is 1. The highest BCUT2D eigenvalue weighted by Gasteiger charge is 2.12. The van der Waals surface area contributed by atoms with Crippen molar-refractivity contribution in [1.82, 2.24) is 5.43 Å². The van der Waals surface area contributed by atoms with Gasteiger partial charge in [-0.3, -0.25) is 4.79 Å². The molecule has 0 aliphatic carbocycles. The van der Waals surface area contributed by atoms with Crippen LogP contribution in [-0.4, -0.2) is 24.3 Å². The number of methoxy groups -OCH3 is 1. The minimum absolute atomic E-state index is 0.0161. The molecule has 0 bridgehead atoms. The highest BCUT2D eigenvalue weighted by molar-refractivity contribution is 9.10. The van der Waals surface area contributed by atoms with Crippen LogP contribution in [0.2, 0.25) is 5.02 Å². The first-order valence-corrected chi connectivity index (χ1v) is 7.34. The van der Waals surface area contributed by atoms with E-state index < -0.39 is 5.91 Å². The van der Waals surface area contributed by atoms with E-state index in [1.54, 1.807) is 24.3 Å². The average Bonchev–Trinajstić information content (AvgIpc) is 2.50. The van der Waals surface area contributed by atoms with Crippen molar-refractivity contribution in [2.45, 2.75) is 0 Å². The number of carbonyl (C=O) groups is 1. The van der Waals surface area contributed by atoms with Crippen molar-refractivity contribution in [2.75, 3.05) is 7.11 Å². The maximum Gasteiger partial charge on any atom is 0.275 e. The van der Waals surface area contributed by atoms with E-state index in [0.29, 0.717) is 21.9 Å². The fourth-order valence-corrected chi connectivity index (χ4v) is 2.25. The first kappa shape index (κ1) is 16.3. The number of phenols is 1. The molecule has 0 spiro atoms. The Balaban J connectivity index is 2.14. The normalized spacial score (nSPS) is 10.7. The van der Waals surface area contributed by atoms with Crippen molar-refractivity contribution in [3.05, 3.63) is 57.0 Å². The van der Waals surface area contributed by atoms with Gasteiger partial charge < -0.3 is 9.84 Å². The summed E-state index contributed by atoms with van der Waals surface area (Å²) < 4.78 is 5.88. The van der Waals surface area contributed by atoms with E-state index >= 15 is 0 Å². The second-order valence-corrected chi connectivity index (χ2v) is 5.60. The molecule has 1 amide bonds. The Kier molecular flexibility index (Phi) is 5.41. The summed E-state index contributed by atoms with van der Waals surface area (Å²) >= 11 is 9.12. The van der Waals surface area contributed by atoms with Crippen LogP contribution in [0.5, 0.6) is 11.5 Å². The van der Waals surface area contributed by atoms with Crippen LogP contribution < -0.4 is 10.2 Å². The second-order valence-electron chi connectivity index (χ2n) is 4.25. The van der Waals surface area contributed by atoms with Crippen LogP contribution in [0.4, 0.5) is 0 Å². The van der Waals surface area contributed by atoms with Crippen LogP contribution in [0.25, 0.3) is 0 Å². The SMILES string of the molecule is COc1ccc(Br)cc1C(=O)N/N=C\c1cc(Cl)ccc1O. The van der Waals surface area contributed by atoms with Crippen molar-refractivity contribution in [3.63, 3.8) is 0 Å². The van der Waals surface area contributed by atoms with Crippen molar-refractivity contribution < 1.29 is 14.6 Å². The van der Waals surface area contributed by atoms with Gasteiger partial charge in [0.25, 0.3) is 5.91 Å². The molecule has 2 aromatic carbocycles. The molecule has 2 N–H and O–H groups in total. The summed E-state index contributed by atoms with van der Waals surface area (Å²) in [4.78, 5) is 12.1. The number of rotatable bonds is 4. The van der Waals surface area contributed by atoms with Crippen LogP contribution in [0.15, 0.2) is 46.0 Å². The molecule has 0 radical (unpaired) electrons. The molecule has 114 valence electrons. The van der Waals surface area contributed by atoms with Crippen molar-refractivity contribution in [1.29, 1.82) is 0 Å². The molecule has 0 aliphatic heterocycles. The topological polar surface area (TPSA) is 70.9 Å². The van der Waals surface area contributed by atoms with Gasteiger partial charge in [0.15, 0.2) is 0 Å². The zero-order chi connectivity index (χ0) is 16.1. The lowest BCUT2D eigenvalue weighted by atomic mass is 10.2. The number of hydrazone groups is 1. The van der Waals surface area contributed by atoms with Crippen LogP contribution in [0.1, 0.15) is 15.9 Å². The molecule has 0 aliphatic rings. The van der Waals surface area contributed by atoms with Crippen LogP contribution in [0.3, 0.4) is 0 Å². The zero-order valence-corrected chi connectivity index (χ0v) is 13.9. The largest absolute Gasteiger partial charge is 0.507 e. The predicted octanol–water partition coefficient (Wildman–Crippen LogP) is 3.58. The standard InChI is InChI=1S/C15H12BrClN2O3/c1-22-14-5-2-10(16)7-12(14)15(21)19-18-8-9-6-11(17)3-4-13(9)20/h2-8,20H,1H3,(H,19,21)/b18-8-. The summed E-state index contributed by atoms with van der Waals surface area (Å²) in [5.41, 5.74) is 3.11. The van der Waals surface area contributed by atoms with Gasteiger partial charge in [-0.1, -0.05) is 27.5 Å². The quantitative estimate of drug-likeness (QED) is 0.626. The lowest BCUT2D eigenvalue weighted by Gasteiger charge is -2.07. The Morgan fingerprint density at radius 3 is 2.86 bits per heavy atom. The lowest BCUT2D eigenvalue weighted by Crippen LogP contribution is -2.18. The molecular formula is C15H12BrClN2O3. The number of halogens is 2. The first-order valence-electron chi connectivity index (χ1n) is 6.16. The molecule has 2 aromatic rings. The van der Waals surface area contributed by atoms with Gasteiger partial charge >= 0.3 is 0 Å². The molecule has 0 aromatic heterocycles. The number of hydrogen-bond acceptors (Lipinski definition) is 4. The van der Waals surface area contributed by atoms with E-state index in [0.717, 1.165) is 4.47 Å². The summed E-state index contributed by atoms with van der Waals surface area (Å²) in [5.74, 6) is 0.0138. The van der Waals surface area contributed by atoms with Gasteiger partial charge in [0.1, 0.15) is 11.5 Å². The predicted molar refractivity (Wildman–Crippen MR) is 88.9 cm³/mol. The maximum atomic E-state index is 12.1. The van der Waals surface area contributed by atoms with E-state index in [2.05, 4.69) is 26.5 Å². The van der Waals surface area contributed by atoms with Crippen molar-refractivity contribution in [3.8, 4) is 11.5 Å². The highest BCUT2D eigenvalue weighted by Crippen LogP contribution is 2.23. The fraction of sp³-hybridized carbons (Fsp3) is 0.0667. The van der Waals surface area contributed by atoms with Gasteiger partial charge in [0, 0.05) is 15.1 Å². The summed E-state index contributed by atoms with van der Waals surface area (Å²) in [6.07, 6.45) is 1.31. The second kappa shape index (κ2) is 7.29. The van der Waals surface area contributed by atoms with Gasteiger partial charge in [-0.05, 0) is 36.4 Å². The van der Waals surface area contributed by atoms with E-state index in [4.69, 9.17) is 16.3 Å². The Hall–Kier alpha value is -2.05. The molecule has 0 unspecified atom stereocenters. The molecule has 5 nitrogen and oxygen atoms in total. The molecule has 0 fully saturated rings.